The van der Waals surface area contributed by atoms with E-state index in [1.54, 1.807) is 0 Å². The molecule has 4 N–H and O–H groups in total. The lowest BCUT2D eigenvalue weighted by molar-refractivity contribution is 0.0954. The zero-order valence-electron chi connectivity index (χ0n) is 16.9. The summed E-state index contributed by atoms with van der Waals surface area (Å²) in [6, 6.07) is 3.55. The number of phenolic OH excluding ortho intramolecular Hbond substituents is 1. The second-order valence-electron chi connectivity index (χ2n) is 7.35. The van der Waals surface area contributed by atoms with Crippen molar-refractivity contribution >= 4 is 34.2 Å². The molecule has 0 fully saturated rings. The van der Waals surface area contributed by atoms with Gasteiger partial charge in [-0.05, 0) is 45.6 Å². The summed E-state index contributed by atoms with van der Waals surface area (Å²) in [5, 5.41) is 22.0. The fraction of sp³-hybridized carbons (Fsp3) is 0.333. The zero-order chi connectivity index (χ0) is 21.8. The fourth-order valence-electron chi connectivity index (χ4n) is 3.27. The summed E-state index contributed by atoms with van der Waals surface area (Å²) in [5.41, 5.74) is -0.848. The van der Waals surface area contributed by atoms with Crippen LogP contribution in [0.4, 0.5) is 0 Å². The van der Waals surface area contributed by atoms with Crippen LogP contribution in [0.15, 0.2) is 27.8 Å². The molecular weight excluding hydrogens is 388 g/mol. The number of H-pyrrole nitrogens is 1. The van der Waals surface area contributed by atoms with E-state index in [0.717, 1.165) is 31.9 Å². The maximum Gasteiger partial charge on any atom is 0.253 e. The number of fused-ring (bicyclic) bond motifs is 2. The number of aromatic amines is 1. The molecule has 0 unspecified atom stereocenters. The van der Waals surface area contributed by atoms with Crippen molar-refractivity contribution in [1.29, 1.82) is 0 Å². The number of rotatable bonds is 7. The number of nitrogens with zero attached hydrogens (tertiary/aromatic N) is 2. The summed E-state index contributed by atoms with van der Waals surface area (Å²) in [6.45, 7) is 1.47. The summed E-state index contributed by atoms with van der Waals surface area (Å²) in [7, 11) is 4.02. The summed E-state index contributed by atoms with van der Waals surface area (Å²) in [5.74, 6) is -0.837. The van der Waals surface area contributed by atoms with Gasteiger partial charge in [-0.1, -0.05) is 6.42 Å². The number of nitrogens with one attached hydrogen (secondary N) is 2. The zero-order valence-corrected chi connectivity index (χ0v) is 16.9. The molecule has 1 amide bonds. The van der Waals surface area contributed by atoms with Crippen LogP contribution in [0, 0.1) is 0 Å². The van der Waals surface area contributed by atoms with Crippen LogP contribution in [0.25, 0.3) is 28.3 Å². The predicted octanol–water partition coefficient (Wildman–Crippen LogP) is 0.619. The van der Waals surface area contributed by atoms with Crippen LogP contribution < -0.4 is 21.4 Å². The van der Waals surface area contributed by atoms with E-state index in [4.69, 9.17) is 0 Å². The number of aromatic nitrogens is 2. The van der Waals surface area contributed by atoms with Crippen LogP contribution in [0.2, 0.25) is 0 Å². The summed E-state index contributed by atoms with van der Waals surface area (Å²) in [4.78, 5) is 46.4. The van der Waals surface area contributed by atoms with E-state index in [9.17, 15) is 24.6 Å². The molecule has 0 radical (unpaired) electrons. The molecule has 158 valence electrons. The van der Waals surface area contributed by atoms with Crippen molar-refractivity contribution in [3.8, 4) is 5.75 Å². The molecule has 0 saturated heterocycles. The van der Waals surface area contributed by atoms with E-state index in [2.05, 4.69) is 20.2 Å². The lowest BCUT2D eigenvalue weighted by atomic mass is 10.1. The summed E-state index contributed by atoms with van der Waals surface area (Å²) < 4.78 is 0. The Labute approximate surface area is 171 Å². The van der Waals surface area contributed by atoms with Crippen molar-refractivity contribution in [2.45, 2.75) is 19.3 Å². The maximum atomic E-state index is 12.7. The Bertz CT molecular complexity index is 1270. The molecule has 0 aliphatic carbocycles. The van der Waals surface area contributed by atoms with Crippen molar-refractivity contribution < 1.29 is 15.0 Å². The van der Waals surface area contributed by atoms with Crippen LogP contribution in [0.1, 0.15) is 29.6 Å². The average Bonchev–Trinajstić information content (AvgIpc) is 2.70. The Hall–Kier alpha value is -3.46. The molecule has 0 aliphatic heterocycles. The van der Waals surface area contributed by atoms with Gasteiger partial charge in [0.1, 0.15) is 22.3 Å². The van der Waals surface area contributed by atoms with E-state index in [1.165, 1.54) is 12.1 Å². The van der Waals surface area contributed by atoms with Gasteiger partial charge in [0, 0.05) is 12.6 Å². The number of carbonyl (C=O) groups is 1. The fourth-order valence-corrected chi connectivity index (χ4v) is 3.27. The molecule has 9 nitrogen and oxygen atoms in total. The highest BCUT2D eigenvalue weighted by Crippen LogP contribution is 2.15. The van der Waals surface area contributed by atoms with Crippen molar-refractivity contribution in [3.63, 3.8) is 0 Å². The highest BCUT2D eigenvalue weighted by molar-refractivity contribution is 6.06. The van der Waals surface area contributed by atoms with Gasteiger partial charge in [-0.2, -0.15) is 0 Å². The molecule has 0 bridgehead atoms. The van der Waals surface area contributed by atoms with Gasteiger partial charge in [0.2, 0.25) is 10.9 Å². The van der Waals surface area contributed by atoms with E-state index >= 15 is 0 Å². The Morgan fingerprint density at radius 3 is 2.60 bits per heavy atom. The first-order valence-corrected chi connectivity index (χ1v) is 9.63. The van der Waals surface area contributed by atoms with Gasteiger partial charge in [0.25, 0.3) is 5.91 Å². The molecule has 0 atom stereocenters. The first-order valence-electron chi connectivity index (χ1n) is 9.63. The second kappa shape index (κ2) is 8.91. The number of benzene rings is 2. The summed E-state index contributed by atoms with van der Waals surface area (Å²) >= 11 is 0. The Morgan fingerprint density at radius 2 is 1.90 bits per heavy atom. The standard InChI is InChI=1S/C21H24N4O5/c1-25(2)9-5-3-4-8-22-21(30)12-6-7-14(27)19-17(12)23-20-16(29)10-15(28)13(11-26)18(20)24-19/h6-7,10-11,23,26,28H,3-5,8-9H2,1-2H3,(H,22,30)/b13-11-. The lowest BCUT2D eigenvalue weighted by Gasteiger charge is -2.10. The SMILES string of the molecule is CN(C)CCCCCNC(=O)c1ccc(=O)c2nc3/c(=C\O)c(O)cc(=O)c3[nH]c12. The lowest BCUT2D eigenvalue weighted by Crippen LogP contribution is -2.26. The van der Waals surface area contributed by atoms with Crippen molar-refractivity contribution in [1.82, 2.24) is 20.2 Å². The predicted molar refractivity (Wildman–Crippen MR) is 115 cm³/mol. The van der Waals surface area contributed by atoms with Gasteiger partial charge in [-0.15, -0.1) is 0 Å². The van der Waals surface area contributed by atoms with Crippen LogP contribution in [-0.4, -0.2) is 58.2 Å². The monoisotopic (exact) mass is 412 g/mol. The molecule has 0 aliphatic rings. The molecule has 3 aromatic rings. The van der Waals surface area contributed by atoms with Gasteiger partial charge >= 0.3 is 0 Å². The van der Waals surface area contributed by atoms with Crippen molar-refractivity contribution in [2.24, 2.45) is 0 Å². The van der Waals surface area contributed by atoms with E-state index in [-0.39, 0.29) is 38.8 Å². The number of amides is 1. The van der Waals surface area contributed by atoms with Gasteiger partial charge in [0.15, 0.2) is 0 Å². The molecule has 3 rings (SSSR count). The third kappa shape index (κ3) is 4.25. The first kappa shape index (κ1) is 21.3. The molecule has 0 spiro atoms. The van der Waals surface area contributed by atoms with E-state index in [1.807, 2.05) is 14.1 Å². The van der Waals surface area contributed by atoms with E-state index < -0.39 is 16.6 Å². The molecule has 9 heteroatoms. The smallest absolute Gasteiger partial charge is 0.253 e. The Kier molecular flexibility index (Phi) is 6.31. The quantitative estimate of drug-likeness (QED) is 0.330. The number of aromatic hydroxyl groups is 1. The molecule has 30 heavy (non-hydrogen) atoms. The van der Waals surface area contributed by atoms with Gasteiger partial charge in [0.05, 0.1) is 22.6 Å². The minimum atomic E-state index is -0.578. The minimum Gasteiger partial charge on any atom is -0.515 e. The van der Waals surface area contributed by atoms with Crippen molar-refractivity contribution in [2.75, 3.05) is 27.2 Å². The molecule has 2 aromatic carbocycles. The van der Waals surface area contributed by atoms with Crippen LogP contribution in [-0.2, 0) is 0 Å². The van der Waals surface area contributed by atoms with Gasteiger partial charge in [-0.25, -0.2) is 4.98 Å². The minimum absolute atomic E-state index is 0.0241. The maximum absolute atomic E-state index is 12.7. The topological polar surface area (TPSA) is 136 Å². The number of carbonyl (C=O) groups excluding carboxylic acids is 1. The third-order valence-corrected chi connectivity index (χ3v) is 4.84. The van der Waals surface area contributed by atoms with Crippen molar-refractivity contribution in [3.05, 3.63) is 49.4 Å². The largest absolute Gasteiger partial charge is 0.515 e. The van der Waals surface area contributed by atoms with Crippen LogP contribution in [0.3, 0.4) is 0 Å². The Balaban J connectivity index is 1.96. The number of aliphatic hydroxyl groups is 1. The number of phenols is 1. The first-order chi connectivity index (χ1) is 14.3. The summed E-state index contributed by atoms with van der Waals surface area (Å²) in [6.07, 6.45) is 3.44. The highest BCUT2D eigenvalue weighted by Gasteiger charge is 2.16. The molecular formula is C21H24N4O5. The van der Waals surface area contributed by atoms with Gasteiger partial charge in [-0.3, -0.25) is 14.4 Å². The Morgan fingerprint density at radius 1 is 1.13 bits per heavy atom. The normalized spacial score (nSPS) is 12.2. The van der Waals surface area contributed by atoms with Crippen LogP contribution in [0.5, 0.6) is 5.75 Å². The highest BCUT2D eigenvalue weighted by atomic mass is 16.3. The van der Waals surface area contributed by atoms with E-state index in [0.29, 0.717) is 12.8 Å². The molecule has 1 heterocycles. The van der Waals surface area contributed by atoms with Crippen LogP contribution >= 0.6 is 0 Å². The third-order valence-electron chi connectivity index (χ3n) is 4.84. The average molecular weight is 412 g/mol. The number of aliphatic hydroxyl groups excluding tert-OH is 1. The van der Waals surface area contributed by atoms with Gasteiger partial charge < -0.3 is 25.4 Å². The number of unbranched alkanes of at least 4 members (excludes halogenated alkanes) is 2. The molecule has 1 aromatic heterocycles. The second-order valence-corrected chi connectivity index (χ2v) is 7.35. The molecule has 0 saturated carbocycles. The number of hydrogen-bond acceptors (Lipinski definition) is 7. The number of hydrogen-bond donors (Lipinski definition) is 4.